The van der Waals surface area contributed by atoms with Gasteiger partial charge < -0.3 is 10.1 Å². The van der Waals surface area contributed by atoms with Crippen LogP contribution < -0.4 is 5.32 Å². The van der Waals surface area contributed by atoms with E-state index < -0.39 is 17.2 Å². The maximum absolute atomic E-state index is 13.4. The van der Waals surface area contributed by atoms with Gasteiger partial charge in [0.25, 0.3) is 0 Å². The van der Waals surface area contributed by atoms with Gasteiger partial charge >= 0.3 is 6.09 Å². The first-order valence-electron chi connectivity index (χ1n) is 10.5. The molecule has 1 unspecified atom stereocenters. The van der Waals surface area contributed by atoms with E-state index in [9.17, 15) is 9.59 Å². The zero-order valence-corrected chi connectivity index (χ0v) is 18.4. The first-order valence-corrected chi connectivity index (χ1v) is 10.5. The van der Waals surface area contributed by atoms with Crippen molar-refractivity contribution >= 4 is 12.0 Å². The molecule has 1 saturated heterocycles. The molecule has 0 saturated carbocycles. The van der Waals surface area contributed by atoms with Crippen LogP contribution in [0.5, 0.6) is 0 Å². The first kappa shape index (κ1) is 22.4. The molecule has 1 aliphatic heterocycles. The highest BCUT2D eigenvalue weighted by Gasteiger charge is 2.50. The zero-order valence-electron chi connectivity index (χ0n) is 18.4. The predicted octanol–water partition coefficient (Wildman–Crippen LogP) is 3.34. The van der Waals surface area contributed by atoms with Crippen LogP contribution in [0.15, 0.2) is 42.7 Å². The standard InChI is InChI=1S/C24H30N4O3/c1-5-12-24(13-8-16-28(24)22(30)31-23(2,3)4)21(29)25-17-19-10-6-7-11-20(19)18-27-15-9-14-26-27/h1,6-7,9-11,14-15H,8,12-13,16-18H2,2-4H3,(H,25,29). The number of terminal acetylenes is 1. The fraction of sp³-hybridized carbons (Fsp3) is 0.458. The fourth-order valence-electron chi connectivity index (χ4n) is 3.92. The van der Waals surface area contributed by atoms with E-state index in [4.69, 9.17) is 11.2 Å². The number of carbonyl (C=O) groups is 2. The topological polar surface area (TPSA) is 76.5 Å². The molecule has 1 aliphatic rings. The Kier molecular flexibility index (Phi) is 6.69. The smallest absolute Gasteiger partial charge is 0.411 e. The van der Waals surface area contributed by atoms with Gasteiger partial charge in [-0.25, -0.2) is 4.79 Å². The lowest BCUT2D eigenvalue weighted by molar-refractivity contribution is -0.131. The molecule has 1 aromatic heterocycles. The first-order chi connectivity index (χ1) is 14.7. The second-order valence-electron chi connectivity index (χ2n) is 8.80. The van der Waals surface area contributed by atoms with Crippen LogP contribution in [0.25, 0.3) is 0 Å². The van der Waals surface area contributed by atoms with Crippen LogP contribution in [0, 0.1) is 12.3 Å². The van der Waals surface area contributed by atoms with E-state index in [1.807, 2.05) is 41.2 Å². The van der Waals surface area contributed by atoms with Crippen LogP contribution >= 0.6 is 0 Å². The second kappa shape index (κ2) is 9.25. The van der Waals surface area contributed by atoms with E-state index in [1.54, 1.807) is 27.0 Å². The van der Waals surface area contributed by atoms with Gasteiger partial charge in [-0.3, -0.25) is 14.4 Å². The van der Waals surface area contributed by atoms with Crippen molar-refractivity contribution in [3.05, 3.63) is 53.9 Å². The molecule has 7 heteroatoms. The number of ether oxygens (including phenoxy) is 1. The molecule has 3 rings (SSSR count). The number of carbonyl (C=O) groups excluding carboxylic acids is 2. The minimum Gasteiger partial charge on any atom is -0.444 e. The maximum atomic E-state index is 13.4. The Balaban J connectivity index is 1.76. The normalized spacial score (nSPS) is 18.5. The fourth-order valence-corrected chi connectivity index (χ4v) is 3.92. The van der Waals surface area contributed by atoms with Gasteiger partial charge in [-0.15, -0.1) is 12.3 Å². The quantitative estimate of drug-likeness (QED) is 0.725. The van der Waals surface area contributed by atoms with Crippen LogP contribution in [0.3, 0.4) is 0 Å². The average Bonchev–Trinajstić information content (AvgIpc) is 3.36. The number of amides is 2. The number of nitrogens with one attached hydrogen (secondary N) is 1. The van der Waals surface area contributed by atoms with Crippen molar-refractivity contribution in [3.63, 3.8) is 0 Å². The van der Waals surface area contributed by atoms with Gasteiger partial charge in [0, 0.05) is 31.9 Å². The van der Waals surface area contributed by atoms with E-state index in [0.29, 0.717) is 32.5 Å². The summed E-state index contributed by atoms with van der Waals surface area (Å²) in [5.74, 6) is 2.35. The molecule has 2 heterocycles. The summed E-state index contributed by atoms with van der Waals surface area (Å²) in [5, 5.41) is 7.27. The summed E-state index contributed by atoms with van der Waals surface area (Å²) in [4.78, 5) is 27.7. The molecule has 0 aliphatic carbocycles. The van der Waals surface area contributed by atoms with Crippen molar-refractivity contribution < 1.29 is 14.3 Å². The molecule has 31 heavy (non-hydrogen) atoms. The summed E-state index contributed by atoms with van der Waals surface area (Å²) in [7, 11) is 0. The number of hydrogen-bond acceptors (Lipinski definition) is 4. The van der Waals surface area contributed by atoms with Crippen molar-refractivity contribution in [2.75, 3.05) is 6.54 Å². The third-order valence-electron chi connectivity index (χ3n) is 5.37. The van der Waals surface area contributed by atoms with Crippen LogP contribution in [0.2, 0.25) is 0 Å². The van der Waals surface area contributed by atoms with Crippen molar-refractivity contribution in [3.8, 4) is 12.3 Å². The van der Waals surface area contributed by atoms with Crippen molar-refractivity contribution in [2.24, 2.45) is 0 Å². The Morgan fingerprint density at radius 3 is 2.65 bits per heavy atom. The van der Waals surface area contributed by atoms with Crippen LogP contribution in [-0.4, -0.2) is 44.4 Å². The van der Waals surface area contributed by atoms with Gasteiger partial charge in [0.1, 0.15) is 11.1 Å². The summed E-state index contributed by atoms with van der Waals surface area (Å²) in [6, 6.07) is 9.77. The summed E-state index contributed by atoms with van der Waals surface area (Å²) < 4.78 is 7.38. The molecule has 0 radical (unpaired) electrons. The molecule has 2 amide bonds. The van der Waals surface area contributed by atoms with E-state index in [1.165, 1.54) is 4.90 Å². The lowest BCUT2D eigenvalue weighted by Gasteiger charge is -2.36. The molecule has 0 spiro atoms. The minimum atomic E-state index is -1.09. The third kappa shape index (κ3) is 5.26. The van der Waals surface area contributed by atoms with Crippen LogP contribution in [0.1, 0.15) is 51.2 Å². The average molecular weight is 423 g/mol. The number of nitrogens with zero attached hydrogens (tertiary/aromatic N) is 3. The highest BCUT2D eigenvalue weighted by Crippen LogP contribution is 2.34. The summed E-state index contributed by atoms with van der Waals surface area (Å²) in [6.07, 6.45) is 10.1. The number of aromatic nitrogens is 2. The van der Waals surface area contributed by atoms with E-state index in [-0.39, 0.29) is 12.3 Å². The number of benzene rings is 1. The Hall–Kier alpha value is -3.27. The monoisotopic (exact) mass is 422 g/mol. The van der Waals surface area contributed by atoms with E-state index >= 15 is 0 Å². The zero-order chi connectivity index (χ0) is 22.5. The minimum absolute atomic E-state index is 0.146. The van der Waals surface area contributed by atoms with Crippen LogP contribution in [-0.2, 0) is 22.6 Å². The van der Waals surface area contributed by atoms with Crippen molar-refractivity contribution in [2.45, 2.75) is 64.3 Å². The molecule has 1 fully saturated rings. The third-order valence-corrected chi connectivity index (χ3v) is 5.37. The van der Waals surface area contributed by atoms with Gasteiger partial charge in [0.2, 0.25) is 5.91 Å². The molecule has 1 aromatic carbocycles. The number of likely N-dealkylation sites (tertiary alicyclic amines) is 1. The summed E-state index contributed by atoms with van der Waals surface area (Å²) in [6.45, 7) is 6.81. The Labute approximate surface area is 183 Å². The Morgan fingerprint density at radius 1 is 1.26 bits per heavy atom. The van der Waals surface area contributed by atoms with Gasteiger partial charge in [0.15, 0.2) is 0 Å². The number of hydrogen-bond donors (Lipinski definition) is 1. The highest BCUT2D eigenvalue weighted by molar-refractivity contribution is 5.91. The molecule has 164 valence electrons. The van der Waals surface area contributed by atoms with Gasteiger partial charge in [-0.2, -0.15) is 5.10 Å². The van der Waals surface area contributed by atoms with Crippen LogP contribution in [0.4, 0.5) is 4.79 Å². The SMILES string of the molecule is C#CCC1(C(=O)NCc2ccccc2Cn2cccn2)CCCN1C(=O)OC(C)(C)C. The van der Waals surface area contributed by atoms with Gasteiger partial charge in [-0.1, -0.05) is 24.3 Å². The molecular weight excluding hydrogens is 392 g/mol. The summed E-state index contributed by atoms with van der Waals surface area (Å²) >= 11 is 0. The summed E-state index contributed by atoms with van der Waals surface area (Å²) in [5.41, 5.74) is 0.314. The molecule has 1 atom stereocenters. The lowest BCUT2D eigenvalue weighted by atomic mass is 9.91. The second-order valence-corrected chi connectivity index (χ2v) is 8.80. The molecule has 0 bridgehead atoms. The number of rotatable bonds is 6. The Bertz CT molecular complexity index is 956. The molecular formula is C24H30N4O3. The molecule has 7 nitrogen and oxygen atoms in total. The maximum Gasteiger partial charge on any atom is 0.411 e. The van der Waals surface area contributed by atoms with Crippen molar-refractivity contribution in [1.82, 2.24) is 20.0 Å². The van der Waals surface area contributed by atoms with Gasteiger partial charge in [0.05, 0.1) is 6.54 Å². The highest BCUT2D eigenvalue weighted by atomic mass is 16.6. The Morgan fingerprint density at radius 2 is 2.00 bits per heavy atom. The predicted molar refractivity (Wildman–Crippen MR) is 118 cm³/mol. The van der Waals surface area contributed by atoms with Gasteiger partial charge in [-0.05, 0) is 50.8 Å². The van der Waals surface area contributed by atoms with E-state index in [2.05, 4.69) is 16.3 Å². The van der Waals surface area contributed by atoms with Crippen molar-refractivity contribution in [1.29, 1.82) is 0 Å². The molecule has 1 N–H and O–H groups in total. The lowest BCUT2D eigenvalue weighted by Crippen LogP contribution is -2.57. The largest absolute Gasteiger partial charge is 0.444 e. The van der Waals surface area contributed by atoms with E-state index in [0.717, 1.165) is 11.1 Å². The molecule has 2 aromatic rings.